The van der Waals surface area contributed by atoms with Gasteiger partial charge in [0.05, 0.1) is 5.39 Å². The van der Waals surface area contributed by atoms with E-state index in [1.165, 1.54) is 5.56 Å². The zero-order valence-electron chi connectivity index (χ0n) is 13.7. The first-order valence-corrected chi connectivity index (χ1v) is 8.94. The third-order valence-electron chi connectivity index (χ3n) is 3.81. The molecule has 0 spiro atoms. The molecular formula is C18H18F3N3S. The molecule has 1 aromatic carbocycles. The fourth-order valence-corrected chi connectivity index (χ4v) is 3.46. The first kappa shape index (κ1) is 17.7. The number of nitrogens with one attached hydrogen (secondary N) is 1. The molecule has 0 fully saturated rings. The second kappa shape index (κ2) is 7.39. The van der Waals surface area contributed by atoms with E-state index in [2.05, 4.69) is 27.4 Å². The van der Waals surface area contributed by atoms with Crippen LogP contribution in [-0.4, -0.2) is 16.5 Å². The van der Waals surface area contributed by atoms with Crippen molar-refractivity contribution in [2.45, 2.75) is 32.4 Å². The highest BCUT2D eigenvalue weighted by atomic mass is 32.1. The van der Waals surface area contributed by atoms with Gasteiger partial charge in [0.25, 0.3) is 0 Å². The quantitative estimate of drug-likeness (QED) is 0.601. The van der Waals surface area contributed by atoms with E-state index in [4.69, 9.17) is 0 Å². The number of alkyl halides is 3. The lowest BCUT2D eigenvalue weighted by molar-refractivity contribution is -0.134. The van der Waals surface area contributed by atoms with Crippen LogP contribution in [0.25, 0.3) is 10.2 Å². The van der Waals surface area contributed by atoms with Crippen molar-refractivity contribution in [3.63, 3.8) is 0 Å². The fourth-order valence-electron chi connectivity index (χ4n) is 2.54. The van der Waals surface area contributed by atoms with Gasteiger partial charge < -0.3 is 5.32 Å². The Bertz CT molecular complexity index is 844. The molecule has 1 N–H and O–H groups in total. The van der Waals surface area contributed by atoms with Gasteiger partial charge in [-0.25, -0.2) is 9.97 Å². The molecule has 3 nitrogen and oxygen atoms in total. The number of benzene rings is 1. The molecule has 0 atom stereocenters. The molecule has 0 saturated heterocycles. The highest BCUT2D eigenvalue weighted by Crippen LogP contribution is 2.39. The molecule has 2 heterocycles. The van der Waals surface area contributed by atoms with Gasteiger partial charge in [0.1, 0.15) is 21.3 Å². The maximum atomic E-state index is 13.0. The van der Waals surface area contributed by atoms with Gasteiger partial charge in [-0.05, 0) is 24.5 Å². The Morgan fingerprint density at radius 1 is 1.12 bits per heavy atom. The zero-order chi connectivity index (χ0) is 17.9. The molecule has 7 heteroatoms. The molecule has 3 rings (SSSR count). The molecule has 0 bridgehead atoms. The number of halogens is 3. The molecule has 0 aliphatic rings. The van der Waals surface area contributed by atoms with Crippen LogP contribution in [0.3, 0.4) is 0 Å². The Kier molecular flexibility index (Phi) is 5.22. The van der Waals surface area contributed by atoms with Gasteiger partial charge in [-0.15, -0.1) is 11.3 Å². The summed E-state index contributed by atoms with van der Waals surface area (Å²) in [5.41, 5.74) is 1.24. The van der Waals surface area contributed by atoms with Crippen molar-refractivity contribution in [1.82, 2.24) is 9.97 Å². The lowest BCUT2D eigenvalue weighted by Gasteiger charge is -2.08. The number of thiophene rings is 1. The van der Waals surface area contributed by atoms with Crippen LogP contribution in [0.15, 0.2) is 36.4 Å². The van der Waals surface area contributed by atoms with Crippen molar-refractivity contribution in [2.75, 3.05) is 11.9 Å². The van der Waals surface area contributed by atoms with Crippen molar-refractivity contribution in [2.24, 2.45) is 0 Å². The van der Waals surface area contributed by atoms with Crippen molar-refractivity contribution in [3.05, 3.63) is 52.7 Å². The number of fused-ring (bicyclic) bond motifs is 1. The van der Waals surface area contributed by atoms with Crippen LogP contribution in [0, 0.1) is 0 Å². The van der Waals surface area contributed by atoms with Crippen LogP contribution in [0.1, 0.15) is 29.6 Å². The minimum atomic E-state index is -4.36. The summed E-state index contributed by atoms with van der Waals surface area (Å²) in [6.07, 6.45) is -2.01. The molecule has 2 aromatic heterocycles. The van der Waals surface area contributed by atoms with E-state index < -0.39 is 11.1 Å². The maximum Gasteiger partial charge on any atom is 0.425 e. The molecule has 0 saturated carbocycles. The fraction of sp³-hybridized carbons (Fsp3) is 0.333. The predicted octanol–water partition coefficient (Wildman–Crippen LogP) is 5.32. The van der Waals surface area contributed by atoms with E-state index in [1.807, 2.05) is 25.1 Å². The molecule has 0 aliphatic heterocycles. The number of hydrogen-bond acceptors (Lipinski definition) is 4. The highest BCUT2D eigenvalue weighted by Gasteiger charge is 2.33. The van der Waals surface area contributed by atoms with Gasteiger partial charge in [-0.1, -0.05) is 37.3 Å². The normalized spacial score (nSPS) is 11.8. The minimum Gasteiger partial charge on any atom is -0.369 e. The maximum absolute atomic E-state index is 13.0. The average molecular weight is 365 g/mol. The van der Waals surface area contributed by atoms with Gasteiger partial charge in [-0.2, -0.15) is 13.2 Å². The third-order valence-corrected chi connectivity index (χ3v) is 4.89. The molecule has 0 unspecified atom stereocenters. The average Bonchev–Trinajstić information content (AvgIpc) is 3.04. The minimum absolute atomic E-state index is 0.379. The second-order valence-electron chi connectivity index (χ2n) is 5.69. The summed E-state index contributed by atoms with van der Waals surface area (Å²) >= 11 is 0.668. The first-order valence-electron chi connectivity index (χ1n) is 8.13. The summed E-state index contributed by atoms with van der Waals surface area (Å²) in [5, 5.41) is 3.62. The Morgan fingerprint density at radius 3 is 2.56 bits per heavy atom. The lowest BCUT2D eigenvalue weighted by Crippen LogP contribution is -2.07. The second-order valence-corrected chi connectivity index (χ2v) is 6.72. The number of anilines is 1. The molecular weight excluding hydrogens is 347 g/mol. The summed E-state index contributed by atoms with van der Waals surface area (Å²) in [6.45, 7) is 2.53. The van der Waals surface area contributed by atoms with Crippen molar-refractivity contribution in [1.29, 1.82) is 0 Å². The van der Waals surface area contributed by atoms with Crippen LogP contribution >= 0.6 is 11.3 Å². The van der Waals surface area contributed by atoms with Crippen LogP contribution < -0.4 is 5.32 Å². The SMILES string of the molecule is CCc1nc(NCCCc2ccccc2)c2cc(C(F)(F)F)sc2n1. The van der Waals surface area contributed by atoms with Crippen LogP contribution in [0.5, 0.6) is 0 Å². The monoisotopic (exact) mass is 365 g/mol. The summed E-state index contributed by atoms with van der Waals surface area (Å²) in [4.78, 5) is 8.35. The van der Waals surface area contributed by atoms with Crippen molar-refractivity contribution < 1.29 is 13.2 Å². The van der Waals surface area contributed by atoms with Crippen LogP contribution in [0.4, 0.5) is 19.0 Å². The number of nitrogens with zero attached hydrogens (tertiary/aromatic N) is 2. The molecule has 0 radical (unpaired) electrons. The summed E-state index contributed by atoms with van der Waals surface area (Å²) in [6, 6.07) is 11.2. The Balaban J connectivity index is 1.76. The Hall–Kier alpha value is -2.15. The topological polar surface area (TPSA) is 37.8 Å². The smallest absolute Gasteiger partial charge is 0.369 e. The van der Waals surface area contributed by atoms with E-state index in [-0.39, 0.29) is 0 Å². The van der Waals surface area contributed by atoms with Gasteiger partial charge in [-0.3, -0.25) is 0 Å². The number of aromatic nitrogens is 2. The van der Waals surface area contributed by atoms with Gasteiger partial charge in [0, 0.05) is 13.0 Å². The van der Waals surface area contributed by atoms with Crippen LogP contribution in [-0.2, 0) is 19.0 Å². The largest absolute Gasteiger partial charge is 0.425 e. The van der Waals surface area contributed by atoms with Gasteiger partial charge >= 0.3 is 6.18 Å². The third kappa shape index (κ3) is 4.28. The Labute approximate surface area is 147 Å². The van der Waals surface area contributed by atoms with E-state index in [0.29, 0.717) is 46.2 Å². The number of rotatable bonds is 6. The van der Waals surface area contributed by atoms with Crippen molar-refractivity contribution >= 4 is 27.4 Å². The predicted molar refractivity (Wildman–Crippen MR) is 95.0 cm³/mol. The van der Waals surface area contributed by atoms with Gasteiger partial charge in [0.2, 0.25) is 0 Å². The highest BCUT2D eigenvalue weighted by molar-refractivity contribution is 7.18. The van der Waals surface area contributed by atoms with E-state index >= 15 is 0 Å². The molecule has 0 aliphatic carbocycles. The molecule has 3 aromatic rings. The van der Waals surface area contributed by atoms with Crippen molar-refractivity contribution in [3.8, 4) is 0 Å². The van der Waals surface area contributed by atoms with E-state index in [9.17, 15) is 13.2 Å². The number of aryl methyl sites for hydroxylation is 2. The zero-order valence-corrected chi connectivity index (χ0v) is 14.5. The van der Waals surface area contributed by atoms with E-state index in [0.717, 1.165) is 18.9 Å². The lowest BCUT2D eigenvalue weighted by atomic mass is 10.1. The van der Waals surface area contributed by atoms with Crippen LogP contribution in [0.2, 0.25) is 0 Å². The molecule has 25 heavy (non-hydrogen) atoms. The summed E-state index contributed by atoms with van der Waals surface area (Å²) < 4.78 is 38.9. The first-order chi connectivity index (χ1) is 12.0. The summed E-state index contributed by atoms with van der Waals surface area (Å²) in [5.74, 6) is 1.04. The standard InChI is InChI=1S/C18H18F3N3S/c1-2-15-23-16(22-10-6-9-12-7-4-3-5-8-12)13-11-14(18(19,20)21)25-17(13)24-15/h3-5,7-8,11H,2,6,9-10H2,1H3,(H,22,23,24). The van der Waals surface area contributed by atoms with Gasteiger partial charge in [0.15, 0.2) is 0 Å². The van der Waals surface area contributed by atoms with E-state index in [1.54, 1.807) is 0 Å². The Morgan fingerprint density at radius 2 is 1.88 bits per heavy atom. The summed E-state index contributed by atoms with van der Waals surface area (Å²) in [7, 11) is 0. The molecule has 0 amide bonds. The molecule has 132 valence electrons. The number of hydrogen-bond donors (Lipinski definition) is 1.